The number of carbonyl (C=O) groups excluding carboxylic acids is 1. The minimum Gasteiger partial charge on any atom is -0.348 e. The van der Waals surface area contributed by atoms with Crippen molar-refractivity contribution in [3.05, 3.63) is 76.1 Å². The lowest BCUT2D eigenvalue weighted by Gasteiger charge is -2.09. The first kappa shape index (κ1) is 14.9. The van der Waals surface area contributed by atoms with E-state index in [2.05, 4.69) is 10.3 Å². The quantitative estimate of drug-likeness (QED) is 0.799. The maximum atomic E-state index is 12.2. The van der Waals surface area contributed by atoms with E-state index in [-0.39, 0.29) is 5.91 Å². The van der Waals surface area contributed by atoms with Gasteiger partial charge in [-0.15, -0.1) is 0 Å². The minimum absolute atomic E-state index is 0.172. The maximum Gasteiger partial charge on any atom is 0.251 e. The average molecular weight is 319 g/mol. The Kier molecular flexibility index (Phi) is 4.46. The third-order valence-corrected chi connectivity index (χ3v) is 4.08. The van der Waals surface area contributed by atoms with Crippen molar-refractivity contribution in [2.24, 2.45) is 0 Å². The highest BCUT2D eigenvalue weighted by Gasteiger charge is 2.09. The average Bonchev–Trinajstić information content (AvgIpc) is 3.14. The molecule has 2 heterocycles. The molecule has 0 bridgehead atoms. The molecule has 3 aromatic rings. The van der Waals surface area contributed by atoms with Crippen LogP contribution in [0.1, 0.15) is 21.5 Å². The number of amides is 1. The molecular weight excluding hydrogens is 306 g/mol. The standard InChI is InChI=1S/C18H13N3OS/c19-10-13-3-5-14(6-4-13)18(22)21-11-15-2-1-8-20-17(15)16-7-9-23-12-16/h1-9,12H,11H2,(H,21,22). The van der Waals surface area contributed by atoms with Gasteiger partial charge in [-0.05, 0) is 47.3 Å². The molecule has 0 radical (unpaired) electrons. The molecule has 0 saturated carbocycles. The summed E-state index contributed by atoms with van der Waals surface area (Å²) in [4.78, 5) is 16.6. The van der Waals surface area contributed by atoms with Crippen LogP contribution in [0, 0.1) is 11.3 Å². The van der Waals surface area contributed by atoms with E-state index in [4.69, 9.17) is 5.26 Å². The first-order valence-electron chi connectivity index (χ1n) is 7.03. The summed E-state index contributed by atoms with van der Waals surface area (Å²) in [6, 6.07) is 14.4. The van der Waals surface area contributed by atoms with Gasteiger partial charge in [0.15, 0.2) is 0 Å². The minimum atomic E-state index is -0.172. The highest BCUT2D eigenvalue weighted by atomic mass is 32.1. The molecule has 0 saturated heterocycles. The number of hydrogen-bond acceptors (Lipinski definition) is 4. The van der Waals surface area contributed by atoms with Gasteiger partial charge in [-0.25, -0.2) is 0 Å². The molecule has 0 aliphatic rings. The summed E-state index contributed by atoms with van der Waals surface area (Å²) in [7, 11) is 0. The molecule has 0 spiro atoms. The second kappa shape index (κ2) is 6.86. The number of nitriles is 1. The van der Waals surface area contributed by atoms with Crippen LogP contribution >= 0.6 is 11.3 Å². The zero-order chi connectivity index (χ0) is 16.1. The Hall–Kier alpha value is -2.97. The Balaban J connectivity index is 1.73. The van der Waals surface area contributed by atoms with Crippen molar-refractivity contribution < 1.29 is 4.79 Å². The summed E-state index contributed by atoms with van der Waals surface area (Å²) in [6.45, 7) is 0.401. The van der Waals surface area contributed by atoms with Gasteiger partial charge in [-0.2, -0.15) is 16.6 Å². The number of thiophene rings is 1. The fourth-order valence-corrected chi connectivity index (χ4v) is 2.85. The van der Waals surface area contributed by atoms with Gasteiger partial charge >= 0.3 is 0 Å². The summed E-state index contributed by atoms with van der Waals surface area (Å²) in [5.41, 5.74) is 3.97. The van der Waals surface area contributed by atoms with Crippen LogP contribution in [0.5, 0.6) is 0 Å². The third kappa shape index (κ3) is 3.44. The number of hydrogen-bond donors (Lipinski definition) is 1. The molecule has 4 nitrogen and oxygen atoms in total. The number of benzene rings is 1. The molecule has 1 amide bonds. The fourth-order valence-electron chi connectivity index (χ4n) is 2.21. The van der Waals surface area contributed by atoms with Gasteiger partial charge in [0, 0.05) is 29.2 Å². The lowest BCUT2D eigenvalue weighted by atomic mass is 10.1. The van der Waals surface area contributed by atoms with Crippen molar-refractivity contribution in [2.75, 3.05) is 0 Å². The van der Waals surface area contributed by atoms with E-state index < -0.39 is 0 Å². The summed E-state index contributed by atoms with van der Waals surface area (Å²) in [5.74, 6) is -0.172. The first-order chi connectivity index (χ1) is 11.3. The Morgan fingerprint density at radius 3 is 2.74 bits per heavy atom. The second-order valence-electron chi connectivity index (χ2n) is 4.89. The zero-order valence-electron chi connectivity index (χ0n) is 12.2. The summed E-state index contributed by atoms with van der Waals surface area (Å²) in [6.07, 6.45) is 1.75. The Labute approximate surface area is 138 Å². The van der Waals surface area contributed by atoms with Gasteiger partial charge in [0.2, 0.25) is 0 Å². The Bertz CT molecular complexity index is 849. The molecule has 0 atom stereocenters. The zero-order valence-corrected chi connectivity index (χ0v) is 13.0. The number of aromatic nitrogens is 1. The van der Waals surface area contributed by atoms with Gasteiger partial charge < -0.3 is 5.32 Å². The van der Waals surface area contributed by atoms with Crippen molar-refractivity contribution >= 4 is 17.2 Å². The first-order valence-corrected chi connectivity index (χ1v) is 7.97. The SMILES string of the molecule is N#Cc1ccc(C(=O)NCc2cccnc2-c2ccsc2)cc1. The second-order valence-corrected chi connectivity index (χ2v) is 5.68. The lowest BCUT2D eigenvalue weighted by Crippen LogP contribution is -2.23. The van der Waals surface area contributed by atoms with Crippen LogP contribution in [0.4, 0.5) is 0 Å². The molecule has 0 aliphatic carbocycles. The molecule has 2 aromatic heterocycles. The number of nitrogens with one attached hydrogen (secondary N) is 1. The van der Waals surface area contributed by atoms with Crippen LogP contribution < -0.4 is 5.32 Å². The highest BCUT2D eigenvalue weighted by Crippen LogP contribution is 2.23. The number of rotatable bonds is 4. The largest absolute Gasteiger partial charge is 0.348 e. The summed E-state index contributed by atoms with van der Waals surface area (Å²) < 4.78 is 0. The molecule has 5 heteroatoms. The molecule has 0 aliphatic heterocycles. The predicted molar refractivity (Wildman–Crippen MR) is 89.9 cm³/mol. The molecular formula is C18H13N3OS. The van der Waals surface area contributed by atoms with E-state index in [1.807, 2.05) is 35.0 Å². The molecule has 112 valence electrons. The molecule has 23 heavy (non-hydrogen) atoms. The van der Waals surface area contributed by atoms with Crippen molar-refractivity contribution in [1.29, 1.82) is 5.26 Å². The van der Waals surface area contributed by atoms with Gasteiger partial charge in [-0.3, -0.25) is 9.78 Å². The van der Waals surface area contributed by atoms with Gasteiger partial charge in [0.1, 0.15) is 0 Å². The Morgan fingerprint density at radius 2 is 2.04 bits per heavy atom. The van der Waals surface area contributed by atoms with E-state index >= 15 is 0 Å². The number of nitrogens with zero attached hydrogens (tertiary/aromatic N) is 2. The molecule has 1 N–H and O–H groups in total. The van der Waals surface area contributed by atoms with Gasteiger partial charge in [0.05, 0.1) is 17.3 Å². The number of carbonyl (C=O) groups is 1. The smallest absolute Gasteiger partial charge is 0.251 e. The maximum absolute atomic E-state index is 12.2. The topological polar surface area (TPSA) is 65.8 Å². The van der Waals surface area contributed by atoms with Crippen molar-refractivity contribution in [3.8, 4) is 17.3 Å². The van der Waals surface area contributed by atoms with Crippen LogP contribution in [0.2, 0.25) is 0 Å². The predicted octanol–water partition coefficient (Wildman–Crippen LogP) is 3.61. The van der Waals surface area contributed by atoms with Crippen molar-refractivity contribution in [2.45, 2.75) is 6.54 Å². The number of pyridine rings is 1. The van der Waals surface area contributed by atoms with Crippen LogP contribution in [-0.4, -0.2) is 10.9 Å². The highest BCUT2D eigenvalue weighted by molar-refractivity contribution is 7.08. The summed E-state index contributed by atoms with van der Waals surface area (Å²) >= 11 is 1.61. The van der Waals surface area contributed by atoms with E-state index in [0.29, 0.717) is 17.7 Å². The third-order valence-electron chi connectivity index (χ3n) is 3.40. The molecule has 1 aromatic carbocycles. The monoisotopic (exact) mass is 319 g/mol. The molecule has 3 rings (SSSR count). The van der Waals surface area contributed by atoms with Gasteiger partial charge in [-0.1, -0.05) is 6.07 Å². The summed E-state index contributed by atoms with van der Waals surface area (Å²) in [5, 5.41) is 15.7. The van der Waals surface area contributed by atoms with Crippen LogP contribution in [0.25, 0.3) is 11.3 Å². The van der Waals surface area contributed by atoms with E-state index in [9.17, 15) is 4.79 Å². The van der Waals surface area contributed by atoms with Crippen molar-refractivity contribution in [3.63, 3.8) is 0 Å². The Morgan fingerprint density at radius 1 is 1.22 bits per heavy atom. The van der Waals surface area contributed by atoms with Crippen LogP contribution in [0.15, 0.2) is 59.4 Å². The van der Waals surface area contributed by atoms with E-state index in [1.54, 1.807) is 41.8 Å². The van der Waals surface area contributed by atoms with Crippen LogP contribution in [0.3, 0.4) is 0 Å². The van der Waals surface area contributed by atoms with E-state index in [1.165, 1.54) is 0 Å². The normalized spacial score (nSPS) is 10.0. The van der Waals surface area contributed by atoms with Crippen molar-refractivity contribution in [1.82, 2.24) is 10.3 Å². The van der Waals surface area contributed by atoms with Crippen LogP contribution in [-0.2, 0) is 6.54 Å². The van der Waals surface area contributed by atoms with Gasteiger partial charge in [0.25, 0.3) is 5.91 Å². The van der Waals surface area contributed by atoms with E-state index in [0.717, 1.165) is 16.8 Å². The molecule has 0 fully saturated rings. The lowest BCUT2D eigenvalue weighted by molar-refractivity contribution is 0.0951. The molecule has 0 unspecified atom stereocenters. The fraction of sp³-hybridized carbons (Fsp3) is 0.0556.